The second-order valence-corrected chi connectivity index (χ2v) is 3.39. The highest BCUT2D eigenvalue weighted by molar-refractivity contribution is 5.09. The summed E-state index contributed by atoms with van der Waals surface area (Å²) in [4.78, 5) is 0. The molecule has 1 aliphatic rings. The summed E-state index contributed by atoms with van der Waals surface area (Å²) in [7, 11) is 0. The monoisotopic (exact) mass is 142 g/mol. The molecule has 0 N–H and O–H groups in total. The van der Waals surface area contributed by atoms with Crippen LogP contribution in [0.3, 0.4) is 0 Å². The topological polar surface area (TPSA) is 0 Å². The molecule has 0 bridgehead atoms. The van der Waals surface area contributed by atoms with Crippen molar-refractivity contribution in [3.63, 3.8) is 0 Å². The first kappa shape index (κ1) is 7.77. The van der Waals surface area contributed by atoms with Crippen molar-refractivity contribution >= 4 is 0 Å². The molecule has 0 saturated heterocycles. The predicted molar refractivity (Wildman–Crippen MR) is 41.6 cm³/mol. The van der Waals surface area contributed by atoms with Gasteiger partial charge < -0.3 is 0 Å². The third kappa shape index (κ3) is 1.23. The van der Waals surface area contributed by atoms with Crippen LogP contribution in [0.25, 0.3) is 0 Å². The zero-order valence-corrected chi connectivity index (χ0v) is 6.89. The van der Waals surface area contributed by atoms with Crippen LogP contribution in [0, 0.1) is 11.8 Å². The molecule has 0 aromatic rings. The van der Waals surface area contributed by atoms with Crippen LogP contribution in [0.1, 0.15) is 27.2 Å². The first-order chi connectivity index (χ1) is 4.63. The molecule has 1 aliphatic carbocycles. The Morgan fingerprint density at radius 1 is 1.50 bits per heavy atom. The Bertz CT molecular complexity index is 149. The smallest absolute Gasteiger partial charge is 0.109 e. The van der Waals surface area contributed by atoms with Gasteiger partial charge in [-0.15, -0.1) is 0 Å². The average molecular weight is 142 g/mol. The zero-order valence-electron chi connectivity index (χ0n) is 6.89. The standard InChI is InChI=1S/C9H15F/c1-6-4-5-7(2)9(10)8(6)3/h4,7-9H,5H2,1-3H3. The van der Waals surface area contributed by atoms with E-state index < -0.39 is 6.17 Å². The highest BCUT2D eigenvalue weighted by Crippen LogP contribution is 2.30. The summed E-state index contributed by atoms with van der Waals surface area (Å²) in [5.41, 5.74) is 1.21. The summed E-state index contributed by atoms with van der Waals surface area (Å²) < 4.78 is 13.2. The van der Waals surface area contributed by atoms with Gasteiger partial charge in [0.05, 0.1) is 0 Å². The minimum absolute atomic E-state index is 0.142. The van der Waals surface area contributed by atoms with Gasteiger partial charge in [0.1, 0.15) is 6.17 Å². The largest absolute Gasteiger partial charge is 0.247 e. The maximum Gasteiger partial charge on any atom is 0.109 e. The van der Waals surface area contributed by atoms with Crippen molar-refractivity contribution in [3.8, 4) is 0 Å². The number of alkyl halides is 1. The lowest BCUT2D eigenvalue weighted by Gasteiger charge is -2.27. The second-order valence-electron chi connectivity index (χ2n) is 3.39. The van der Waals surface area contributed by atoms with Crippen molar-refractivity contribution in [2.24, 2.45) is 11.8 Å². The van der Waals surface area contributed by atoms with Crippen molar-refractivity contribution in [2.75, 3.05) is 0 Å². The minimum atomic E-state index is -0.620. The normalized spacial score (nSPS) is 41.2. The van der Waals surface area contributed by atoms with Gasteiger partial charge >= 0.3 is 0 Å². The fourth-order valence-corrected chi connectivity index (χ4v) is 1.43. The molecule has 0 radical (unpaired) electrons. The predicted octanol–water partition coefficient (Wildman–Crippen LogP) is 2.95. The van der Waals surface area contributed by atoms with Crippen LogP contribution in [0.5, 0.6) is 0 Å². The number of allylic oxidation sites excluding steroid dienone is 2. The fourth-order valence-electron chi connectivity index (χ4n) is 1.43. The molecule has 0 amide bonds. The van der Waals surface area contributed by atoms with E-state index in [2.05, 4.69) is 6.08 Å². The van der Waals surface area contributed by atoms with E-state index >= 15 is 0 Å². The van der Waals surface area contributed by atoms with Crippen LogP contribution >= 0.6 is 0 Å². The van der Waals surface area contributed by atoms with Crippen LogP contribution in [0.15, 0.2) is 11.6 Å². The Labute approximate surface area is 62.1 Å². The quantitative estimate of drug-likeness (QED) is 0.456. The van der Waals surface area contributed by atoms with Crippen molar-refractivity contribution in [1.82, 2.24) is 0 Å². The van der Waals surface area contributed by atoms with E-state index in [0.29, 0.717) is 0 Å². The Morgan fingerprint density at radius 3 is 2.60 bits per heavy atom. The molecular formula is C9H15F. The van der Waals surface area contributed by atoms with Crippen molar-refractivity contribution < 1.29 is 4.39 Å². The molecule has 0 spiro atoms. The zero-order chi connectivity index (χ0) is 7.72. The molecule has 1 heteroatoms. The van der Waals surface area contributed by atoms with Crippen LogP contribution in [-0.2, 0) is 0 Å². The van der Waals surface area contributed by atoms with Crippen LogP contribution in [0.2, 0.25) is 0 Å². The molecule has 0 aliphatic heterocycles. The Kier molecular flexibility index (Phi) is 2.12. The molecule has 0 saturated carbocycles. The molecule has 10 heavy (non-hydrogen) atoms. The minimum Gasteiger partial charge on any atom is -0.247 e. The molecule has 0 aromatic heterocycles. The first-order valence-electron chi connectivity index (χ1n) is 3.93. The van der Waals surface area contributed by atoms with Crippen LogP contribution < -0.4 is 0 Å². The molecule has 1 rings (SSSR count). The highest BCUT2D eigenvalue weighted by Gasteiger charge is 2.26. The van der Waals surface area contributed by atoms with Gasteiger partial charge in [-0.2, -0.15) is 0 Å². The summed E-state index contributed by atoms with van der Waals surface area (Å²) in [6.45, 7) is 5.96. The number of hydrogen-bond donors (Lipinski definition) is 0. The second kappa shape index (κ2) is 2.73. The lowest BCUT2D eigenvalue weighted by molar-refractivity contribution is 0.179. The SMILES string of the molecule is CC1=CCC(C)C(F)C1C. The lowest BCUT2D eigenvalue weighted by Crippen LogP contribution is -2.25. The van der Waals surface area contributed by atoms with E-state index in [-0.39, 0.29) is 11.8 Å². The van der Waals surface area contributed by atoms with Gasteiger partial charge in [-0.05, 0) is 19.3 Å². The maximum atomic E-state index is 13.2. The summed E-state index contributed by atoms with van der Waals surface area (Å²) in [6.07, 6.45) is 2.45. The molecular weight excluding hydrogens is 127 g/mol. The van der Waals surface area contributed by atoms with Crippen LogP contribution in [0.4, 0.5) is 4.39 Å². The Balaban J connectivity index is 2.71. The molecule has 0 heterocycles. The molecule has 3 unspecified atom stereocenters. The third-order valence-electron chi connectivity index (χ3n) is 2.55. The van der Waals surface area contributed by atoms with Crippen molar-refractivity contribution in [1.29, 1.82) is 0 Å². The van der Waals surface area contributed by atoms with E-state index in [1.165, 1.54) is 5.57 Å². The van der Waals surface area contributed by atoms with E-state index in [9.17, 15) is 4.39 Å². The van der Waals surface area contributed by atoms with Gasteiger partial charge in [0.25, 0.3) is 0 Å². The average Bonchev–Trinajstić information content (AvgIpc) is 1.93. The Hall–Kier alpha value is -0.330. The number of rotatable bonds is 0. The molecule has 0 nitrogen and oxygen atoms in total. The third-order valence-corrected chi connectivity index (χ3v) is 2.55. The molecule has 0 fully saturated rings. The molecule has 58 valence electrons. The number of hydrogen-bond acceptors (Lipinski definition) is 0. The van der Waals surface area contributed by atoms with Gasteiger partial charge in [-0.3, -0.25) is 0 Å². The van der Waals surface area contributed by atoms with E-state index in [1.807, 2.05) is 20.8 Å². The Morgan fingerprint density at radius 2 is 2.10 bits per heavy atom. The summed E-state index contributed by atoms with van der Waals surface area (Å²) in [5.74, 6) is 0.363. The van der Waals surface area contributed by atoms with Gasteiger partial charge in [-0.1, -0.05) is 25.5 Å². The summed E-state index contributed by atoms with van der Waals surface area (Å²) >= 11 is 0. The van der Waals surface area contributed by atoms with Gasteiger partial charge in [0, 0.05) is 5.92 Å². The van der Waals surface area contributed by atoms with Crippen molar-refractivity contribution in [3.05, 3.63) is 11.6 Å². The fraction of sp³-hybridized carbons (Fsp3) is 0.778. The maximum absolute atomic E-state index is 13.2. The van der Waals surface area contributed by atoms with Gasteiger partial charge in [-0.25, -0.2) is 4.39 Å². The van der Waals surface area contributed by atoms with Gasteiger partial charge in [0.2, 0.25) is 0 Å². The lowest BCUT2D eigenvalue weighted by atomic mass is 9.82. The first-order valence-corrected chi connectivity index (χ1v) is 3.93. The summed E-state index contributed by atoms with van der Waals surface area (Å²) in [6, 6.07) is 0. The molecule has 3 atom stereocenters. The molecule has 0 aromatic carbocycles. The summed E-state index contributed by atoms with van der Waals surface area (Å²) in [5, 5.41) is 0. The van der Waals surface area contributed by atoms with Crippen molar-refractivity contribution in [2.45, 2.75) is 33.4 Å². The van der Waals surface area contributed by atoms with E-state index in [1.54, 1.807) is 0 Å². The number of halogens is 1. The van der Waals surface area contributed by atoms with E-state index in [0.717, 1.165) is 6.42 Å². The van der Waals surface area contributed by atoms with Gasteiger partial charge in [0.15, 0.2) is 0 Å². The van der Waals surface area contributed by atoms with Crippen LogP contribution in [-0.4, -0.2) is 6.17 Å². The highest BCUT2D eigenvalue weighted by atomic mass is 19.1. The van der Waals surface area contributed by atoms with E-state index in [4.69, 9.17) is 0 Å².